The first-order valence-corrected chi connectivity index (χ1v) is 7.85. The maximum atomic E-state index is 11.9. The zero-order chi connectivity index (χ0) is 17.7. The minimum atomic E-state index is -0.918. The molecule has 0 saturated heterocycles. The number of carbonyl (C=O) groups is 1. The van der Waals surface area contributed by atoms with Crippen molar-refractivity contribution in [1.29, 1.82) is 0 Å². The van der Waals surface area contributed by atoms with Crippen molar-refractivity contribution in [3.63, 3.8) is 0 Å². The van der Waals surface area contributed by atoms with Crippen LogP contribution in [0.5, 0.6) is 5.75 Å². The minimum absolute atomic E-state index is 0.0973. The number of nitrogens with zero attached hydrogens (tertiary/aromatic N) is 1. The second-order valence-corrected chi connectivity index (χ2v) is 5.93. The number of nitrogens with two attached hydrogens (primary N) is 1. The number of benzene rings is 2. The molecule has 0 heterocycles. The van der Waals surface area contributed by atoms with E-state index in [0.717, 1.165) is 5.56 Å². The van der Waals surface area contributed by atoms with E-state index >= 15 is 0 Å². The zero-order valence-corrected chi connectivity index (χ0v) is 14.6. The summed E-state index contributed by atoms with van der Waals surface area (Å²) in [6.07, 6.45) is -0.918. The molecule has 24 heavy (non-hydrogen) atoms. The summed E-state index contributed by atoms with van der Waals surface area (Å²) in [6.45, 7) is 3.48. The smallest absolute Gasteiger partial charge is 0.374 e. The van der Waals surface area contributed by atoms with E-state index in [4.69, 9.17) is 38.5 Å². The molecule has 0 aliphatic rings. The first-order valence-electron chi connectivity index (χ1n) is 7.10. The largest absolute Gasteiger partial charge is 0.477 e. The Balaban J connectivity index is 1.98. The van der Waals surface area contributed by atoms with E-state index in [9.17, 15) is 4.79 Å². The Kier molecular flexibility index (Phi) is 6.06. The Labute approximate surface area is 149 Å². The lowest BCUT2D eigenvalue weighted by Crippen LogP contribution is -2.26. The van der Waals surface area contributed by atoms with Crippen molar-refractivity contribution in [3.05, 3.63) is 63.6 Å². The Hall–Kier alpha value is -2.24. The maximum absolute atomic E-state index is 11.9. The molecule has 0 radical (unpaired) electrons. The molecule has 0 bridgehead atoms. The van der Waals surface area contributed by atoms with Gasteiger partial charge in [-0.05, 0) is 32.0 Å². The van der Waals surface area contributed by atoms with Crippen molar-refractivity contribution in [3.8, 4) is 5.75 Å². The van der Waals surface area contributed by atoms with Crippen molar-refractivity contribution < 1.29 is 14.4 Å². The summed E-state index contributed by atoms with van der Waals surface area (Å²) in [4.78, 5) is 16.8. The van der Waals surface area contributed by atoms with E-state index in [-0.39, 0.29) is 5.84 Å². The molecule has 0 unspecified atom stereocenters. The van der Waals surface area contributed by atoms with Crippen molar-refractivity contribution in [2.24, 2.45) is 10.9 Å². The molecule has 7 heteroatoms. The van der Waals surface area contributed by atoms with Crippen molar-refractivity contribution in [1.82, 2.24) is 0 Å². The van der Waals surface area contributed by atoms with Gasteiger partial charge in [0.1, 0.15) is 5.75 Å². The highest BCUT2D eigenvalue weighted by Gasteiger charge is 2.18. The molecule has 0 aliphatic carbocycles. The molecular formula is C17H16Cl2N2O3. The molecule has 5 nitrogen and oxygen atoms in total. The molecule has 0 spiro atoms. The molecule has 0 saturated carbocycles. The molecule has 126 valence electrons. The first-order chi connectivity index (χ1) is 11.4. The van der Waals surface area contributed by atoms with Gasteiger partial charge >= 0.3 is 5.97 Å². The first kappa shape index (κ1) is 18.1. The highest BCUT2D eigenvalue weighted by molar-refractivity contribution is 6.35. The highest BCUT2D eigenvalue weighted by atomic mass is 35.5. The summed E-state index contributed by atoms with van der Waals surface area (Å²) in [5.41, 5.74) is 7.53. The number of carbonyl (C=O) groups excluding carboxylic acids is 1. The number of rotatable bonds is 5. The van der Waals surface area contributed by atoms with Crippen LogP contribution in [0.3, 0.4) is 0 Å². The normalized spacial score (nSPS) is 12.6. The molecule has 0 amide bonds. The van der Waals surface area contributed by atoms with Gasteiger partial charge in [0.2, 0.25) is 0 Å². The van der Waals surface area contributed by atoms with Crippen LogP contribution in [0.1, 0.15) is 18.1 Å². The van der Waals surface area contributed by atoms with E-state index in [1.807, 2.05) is 19.1 Å². The summed E-state index contributed by atoms with van der Waals surface area (Å²) < 4.78 is 5.44. The van der Waals surface area contributed by atoms with Gasteiger partial charge in [0.05, 0.1) is 5.02 Å². The average Bonchev–Trinajstić information content (AvgIpc) is 2.55. The van der Waals surface area contributed by atoms with Crippen LogP contribution in [0.4, 0.5) is 0 Å². The minimum Gasteiger partial charge on any atom is -0.477 e. The van der Waals surface area contributed by atoms with Crippen LogP contribution in [-0.2, 0) is 9.63 Å². The number of aryl methyl sites for hydroxylation is 1. The van der Waals surface area contributed by atoms with Gasteiger partial charge in [-0.15, -0.1) is 0 Å². The van der Waals surface area contributed by atoms with Crippen LogP contribution in [0, 0.1) is 6.92 Å². The number of oxime groups is 1. The third-order valence-electron chi connectivity index (χ3n) is 3.11. The standard InChI is InChI=1S/C17H16Cl2N2O3/c1-10-3-5-12(6-4-10)16(20)21-24-17(22)11(2)23-15-8-7-13(18)9-14(15)19/h3-9,11H,1-2H3,(H2,20,21)/t11-/m1/s1. The summed E-state index contributed by atoms with van der Waals surface area (Å²) in [5.74, 6) is -0.280. The zero-order valence-electron chi connectivity index (χ0n) is 13.1. The Bertz CT molecular complexity index is 761. The molecule has 0 aliphatic heterocycles. The third kappa shape index (κ3) is 4.88. The van der Waals surface area contributed by atoms with Crippen LogP contribution >= 0.6 is 23.2 Å². The fraction of sp³-hybridized carbons (Fsp3) is 0.176. The van der Waals surface area contributed by atoms with Gasteiger partial charge in [0.15, 0.2) is 11.9 Å². The molecule has 2 aromatic carbocycles. The maximum Gasteiger partial charge on any atom is 0.374 e. The average molecular weight is 367 g/mol. The van der Waals surface area contributed by atoms with E-state index in [0.29, 0.717) is 21.4 Å². The third-order valence-corrected chi connectivity index (χ3v) is 3.64. The predicted octanol–water partition coefficient (Wildman–Crippen LogP) is 3.93. The second-order valence-electron chi connectivity index (χ2n) is 5.09. The topological polar surface area (TPSA) is 73.9 Å². The summed E-state index contributed by atoms with van der Waals surface area (Å²) >= 11 is 11.8. The monoisotopic (exact) mass is 366 g/mol. The highest BCUT2D eigenvalue weighted by Crippen LogP contribution is 2.28. The summed E-state index contributed by atoms with van der Waals surface area (Å²) in [6, 6.07) is 12.0. The number of amidine groups is 1. The van der Waals surface area contributed by atoms with E-state index in [1.165, 1.54) is 13.0 Å². The number of halogens is 2. The van der Waals surface area contributed by atoms with Gasteiger partial charge in [0.25, 0.3) is 0 Å². The quantitative estimate of drug-likeness (QED) is 0.376. The van der Waals surface area contributed by atoms with E-state index in [2.05, 4.69) is 5.16 Å². The van der Waals surface area contributed by atoms with Crippen LogP contribution in [0.2, 0.25) is 10.0 Å². The van der Waals surface area contributed by atoms with Gasteiger partial charge in [-0.1, -0.05) is 58.2 Å². The molecule has 2 N–H and O–H groups in total. The predicted molar refractivity (Wildman–Crippen MR) is 94.5 cm³/mol. The van der Waals surface area contributed by atoms with Crippen LogP contribution in [0.25, 0.3) is 0 Å². The fourth-order valence-corrected chi connectivity index (χ4v) is 2.21. The van der Waals surface area contributed by atoms with Crippen LogP contribution < -0.4 is 10.5 Å². The lowest BCUT2D eigenvalue weighted by atomic mass is 10.1. The SMILES string of the molecule is Cc1ccc(/C(N)=N\OC(=O)[C@@H](C)Oc2ccc(Cl)cc2Cl)cc1. The van der Waals surface area contributed by atoms with E-state index in [1.54, 1.807) is 24.3 Å². The molecule has 1 atom stereocenters. The van der Waals surface area contributed by atoms with Crippen LogP contribution in [-0.4, -0.2) is 17.9 Å². The molecular weight excluding hydrogens is 351 g/mol. The summed E-state index contributed by atoms with van der Waals surface area (Å²) in [5, 5.41) is 4.40. The number of hydrogen-bond acceptors (Lipinski definition) is 4. The van der Waals surface area contributed by atoms with Gasteiger partial charge in [-0.3, -0.25) is 0 Å². The van der Waals surface area contributed by atoms with Crippen molar-refractivity contribution >= 4 is 35.0 Å². The van der Waals surface area contributed by atoms with Gasteiger partial charge in [-0.25, -0.2) is 4.79 Å². The molecule has 0 aromatic heterocycles. The number of ether oxygens (including phenoxy) is 1. The Morgan fingerprint density at radius 3 is 2.46 bits per heavy atom. The van der Waals surface area contributed by atoms with Gasteiger partial charge < -0.3 is 15.3 Å². The lowest BCUT2D eigenvalue weighted by molar-refractivity contribution is -0.151. The lowest BCUT2D eigenvalue weighted by Gasteiger charge is -2.13. The molecule has 0 fully saturated rings. The van der Waals surface area contributed by atoms with Crippen LogP contribution in [0.15, 0.2) is 47.6 Å². The second kappa shape index (κ2) is 8.04. The molecule has 2 aromatic rings. The number of hydrogen-bond donors (Lipinski definition) is 1. The van der Waals surface area contributed by atoms with E-state index < -0.39 is 12.1 Å². The van der Waals surface area contributed by atoms with Crippen molar-refractivity contribution in [2.75, 3.05) is 0 Å². The van der Waals surface area contributed by atoms with Crippen molar-refractivity contribution in [2.45, 2.75) is 20.0 Å². The Morgan fingerprint density at radius 1 is 1.17 bits per heavy atom. The Morgan fingerprint density at radius 2 is 1.83 bits per heavy atom. The summed E-state index contributed by atoms with van der Waals surface area (Å²) in [7, 11) is 0. The van der Waals surface area contributed by atoms with Gasteiger partial charge in [-0.2, -0.15) is 0 Å². The molecule has 2 rings (SSSR count). The fourth-order valence-electron chi connectivity index (χ4n) is 1.75. The van der Waals surface area contributed by atoms with Gasteiger partial charge in [0, 0.05) is 10.6 Å².